The number of methoxy groups -OCH3 is 1. The van der Waals surface area contributed by atoms with Crippen LogP contribution in [0, 0.1) is 10.1 Å². The van der Waals surface area contributed by atoms with Gasteiger partial charge < -0.3 is 10.1 Å². The predicted octanol–water partition coefficient (Wildman–Crippen LogP) is 2.24. The first kappa shape index (κ1) is 23.8. The molecule has 1 aliphatic heterocycles. The topological polar surface area (TPSA) is 148 Å². The number of piperidine rings is 1. The SMILES string of the molecule is COc1ccccc1NS(=O)(=O)c1cc([N+](=O)[O-])ccc1NC1CCN(S(C)(=O)=O)CC1. The van der Waals surface area contributed by atoms with Crippen molar-refractivity contribution in [2.24, 2.45) is 0 Å². The van der Waals surface area contributed by atoms with Crippen molar-refractivity contribution in [1.29, 1.82) is 0 Å². The van der Waals surface area contributed by atoms with E-state index in [0.29, 0.717) is 31.7 Å². The lowest BCUT2D eigenvalue weighted by atomic mass is 10.1. The van der Waals surface area contributed by atoms with E-state index in [0.717, 1.165) is 12.3 Å². The van der Waals surface area contributed by atoms with Crippen LogP contribution < -0.4 is 14.8 Å². The number of benzene rings is 2. The highest BCUT2D eigenvalue weighted by molar-refractivity contribution is 7.93. The van der Waals surface area contributed by atoms with Crippen molar-refractivity contribution in [2.45, 2.75) is 23.8 Å². The molecule has 0 saturated carbocycles. The first-order valence-electron chi connectivity index (χ1n) is 9.67. The number of hydrogen-bond acceptors (Lipinski definition) is 8. The molecule has 1 aliphatic rings. The molecule has 13 heteroatoms. The van der Waals surface area contributed by atoms with E-state index < -0.39 is 25.0 Å². The highest BCUT2D eigenvalue weighted by Crippen LogP contribution is 2.32. The van der Waals surface area contributed by atoms with Crippen molar-refractivity contribution < 1.29 is 26.5 Å². The van der Waals surface area contributed by atoms with Crippen LogP contribution in [0.3, 0.4) is 0 Å². The Balaban J connectivity index is 1.91. The fourth-order valence-electron chi connectivity index (χ4n) is 3.45. The van der Waals surface area contributed by atoms with Crippen molar-refractivity contribution in [3.8, 4) is 5.75 Å². The van der Waals surface area contributed by atoms with E-state index in [1.807, 2.05) is 0 Å². The summed E-state index contributed by atoms with van der Waals surface area (Å²) in [5, 5.41) is 14.4. The van der Waals surface area contributed by atoms with Crippen LogP contribution in [0.1, 0.15) is 12.8 Å². The third-order valence-electron chi connectivity index (χ3n) is 5.10. The van der Waals surface area contributed by atoms with Gasteiger partial charge in [-0.3, -0.25) is 14.8 Å². The Labute approximate surface area is 186 Å². The molecule has 0 aromatic heterocycles. The molecule has 0 amide bonds. The zero-order chi connectivity index (χ0) is 23.5. The van der Waals surface area contributed by atoms with Crippen LogP contribution in [0.4, 0.5) is 17.1 Å². The van der Waals surface area contributed by atoms with Crippen LogP contribution in [0.5, 0.6) is 5.75 Å². The quantitative estimate of drug-likeness (QED) is 0.428. The van der Waals surface area contributed by atoms with Crippen LogP contribution in [0.25, 0.3) is 0 Å². The number of hydrogen-bond donors (Lipinski definition) is 2. The number of anilines is 2. The molecule has 3 rings (SSSR count). The highest BCUT2D eigenvalue weighted by atomic mass is 32.2. The van der Waals surface area contributed by atoms with Crippen molar-refractivity contribution in [1.82, 2.24) is 4.31 Å². The van der Waals surface area contributed by atoms with E-state index in [1.54, 1.807) is 18.2 Å². The van der Waals surface area contributed by atoms with E-state index in [-0.39, 0.29) is 28.0 Å². The second-order valence-corrected chi connectivity index (χ2v) is 11.0. The van der Waals surface area contributed by atoms with Crippen LogP contribution >= 0.6 is 0 Å². The lowest BCUT2D eigenvalue weighted by Crippen LogP contribution is -2.42. The number of rotatable bonds is 8. The maximum atomic E-state index is 13.2. The minimum absolute atomic E-state index is 0.189. The normalized spacial score (nSPS) is 15.8. The van der Waals surface area contributed by atoms with Gasteiger partial charge in [0.15, 0.2) is 0 Å². The maximum Gasteiger partial charge on any atom is 0.270 e. The molecule has 0 unspecified atom stereocenters. The zero-order valence-electron chi connectivity index (χ0n) is 17.5. The summed E-state index contributed by atoms with van der Waals surface area (Å²) in [6.45, 7) is 0.593. The van der Waals surface area contributed by atoms with E-state index in [4.69, 9.17) is 4.74 Å². The van der Waals surface area contributed by atoms with Gasteiger partial charge in [0.1, 0.15) is 10.6 Å². The Kier molecular flexibility index (Phi) is 6.91. The summed E-state index contributed by atoms with van der Waals surface area (Å²) < 4.78 is 58.7. The molecule has 174 valence electrons. The largest absolute Gasteiger partial charge is 0.495 e. The van der Waals surface area contributed by atoms with Crippen LogP contribution in [0.15, 0.2) is 47.4 Å². The van der Waals surface area contributed by atoms with E-state index in [2.05, 4.69) is 10.0 Å². The summed E-state index contributed by atoms with van der Waals surface area (Å²) in [7, 11) is -6.12. The molecule has 32 heavy (non-hydrogen) atoms. The highest BCUT2D eigenvalue weighted by Gasteiger charge is 2.28. The van der Waals surface area contributed by atoms with E-state index in [9.17, 15) is 26.9 Å². The van der Waals surface area contributed by atoms with Gasteiger partial charge in [0.25, 0.3) is 15.7 Å². The Morgan fingerprint density at radius 2 is 1.72 bits per heavy atom. The van der Waals surface area contributed by atoms with Crippen molar-refractivity contribution in [2.75, 3.05) is 36.5 Å². The zero-order valence-corrected chi connectivity index (χ0v) is 19.1. The Hall–Kier alpha value is -2.90. The molecule has 1 fully saturated rings. The molecule has 0 radical (unpaired) electrons. The molecular weight excluding hydrogens is 460 g/mol. The van der Waals surface area contributed by atoms with Crippen LogP contribution in [-0.2, 0) is 20.0 Å². The lowest BCUT2D eigenvalue weighted by Gasteiger charge is -2.31. The number of nitrogens with zero attached hydrogens (tertiary/aromatic N) is 2. The number of non-ortho nitro benzene ring substituents is 1. The van der Waals surface area contributed by atoms with Gasteiger partial charge in [0, 0.05) is 31.3 Å². The number of nitrogens with one attached hydrogen (secondary N) is 2. The Bertz CT molecular complexity index is 1210. The minimum Gasteiger partial charge on any atom is -0.495 e. The number of ether oxygens (including phenoxy) is 1. The van der Waals surface area contributed by atoms with Gasteiger partial charge in [-0.05, 0) is 31.0 Å². The van der Waals surface area contributed by atoms with Gasteiger partial charge in [-0.25, -0.2) is 21.1 Å². The monoisotopic (exact) mass is 484 g/mol. The van der Waals surface area contributed by atoms with Crippen LogP contribution in [-0.4, -0.2) is 58.6 Å². The van der Waals surface area contributed by atoms with Gasteiger partial charge in [0.2, 0.25) is 10.0 Å². The van der Waals surface area contributed by atoms with E-state index in [1.165, 1.54) is 29.6 Å². The minimum atomic E-state index is -4.22. The smallest absolute Gasteiger partial charge is 0.270 e. The number of nitro benzene ring substituents is 1. The molecule has 0 bridgehead atoms. The van der Waals surface area contributed by atoms with Crippen molar-refractivity contribution in [3.63, 3.8) is 0 Å². The van der Waals surface area contributed by atoms with Crippen LogP contribution in [0.2, 0.25) is 0 Å². The molecule has 2 N–H and O–H groups in total. The molecule has 1 heterocycles. The third kappa shape index (κ3) is 5.47. The maximum absolute atomic E-state index is 13.2. The standard InChI is InChI=1S/C19H24N4O7S2/c1-30-18-6-4-3-5-16(18)21-32(28,29)19-13-15(23(24)25)7-8-17(19)20-14-9-11-22(12-10-14)31(2,26)27/h3-8,13-14,20-21H,9-12H2,1-2H3. The summed E-state index contributed by atoms with van der Waals surface area (Å²) >= 11 is 0. The number of nitro groups is 1. The second kappa shape index (κ2) is 9.30. The third-order valence-corrected chi connectivity index (χ3v) is 7.81. The summed E-state index contributed by atoms with van der Waals surface area (Å²) in [6, 6.07) is 9.76. The van der Waals surface area contributed by atoms with Gasteiger partial charge >= 0.3 is 0 Å². The Morgan fingerprint density at radius 3 is 2.31 bits per heavy atom. The summed E-state index contributed by atoms with van der Waals surface area (Å²) in [4.78, 5) is 10.3. The van der Waals surface area contributed by atoms with E-state index >= 15 is 0 Å². The lowest BCUT2D eigenvalue weighted by molar-refractivity contribution is -0.385. The van der Waals surface area contributed by atoms with Crippen molar-refractivity contribution >= 4 is 37.1 Å². The van der Waals surface area contributed by atoms with Gasteiger partial charge in [0.05, 0.1) is 29.7 Å². The summed E-state index contributed by atoms with van der Waals surface area (Å²) in [5.74, 6) is 0.296. The molecule has 11 nitrogen and oxygen atoms in total. The molecule has 2 aromatic rings. The molecule has 0 aliphatic carbocycles. The fourth-order valence-corrected chi connectivity index (χ4v) is 5.58. The summed E-state index contributed by atoms with van der Waals surface area (Å²) in [6.07, 6.45) is 2.07. The second-order valence-electron chi connectivity index (χ2n) is 7.32. The van der Waals surface area contributed by atoms with Gasteiger partial charge in [-0.15, -0.1) is 0 Å². The van der Waals surface area contributed by atoms with Crippen molar-refractivity contribution in [3.05, 3.63) is 52.6 Å². The average molecular weight is 485 g/mol. The molecule has 0 atom stereocenters. The molecule has 0 spiro atoms. The Morgan fingerprint density at radius 1 is 1.06 bits per heavy atom. The first-order valence-corrected chi connectivity index (χ1v) is 13.0. The molecular formula is C19H24N4O7S2. The van der Waals surface area contributed by atoms with Gasteiger partial charge in [-0.1, -0.05) is 12.1 Å². The van der Waals surface area contributed by atoms with Gasteiger partial charge in [-0.2, -0.15) is 0 Å². The first-order chi connectivity index (χ1) is 15.0. The fraction of sp³-hybridized carbons (Fsp3) is 0.368. The summed E-state index contributed by atoms with van der Waals surface area (Å²) in [5.41, 5.74) is 0.00701. The molecule has 2 aromatic carbocycles. The molecule has 1 saturated heterocycles. The number of sulfonamides is 2. The average Bonchev–Trinajstić information content (AvgIpc) is 2.73. The number of para-hydroxylation sites is 2. The predicted molar refractivity (Wildman–Crippen MR) is 120 cm³/mol.